The third kappa shape index (κ3) is 5.54. The molecule has 1 amide bonds. The first kappa shape index (κ1) is 22.4. The minimum Gasteiger partial charge on any atom is -0.489 e. The summed E-state index contributed by atoms with van der Waals surface area (Å²) in [5, 5.41) is 0. The number of rotatable bonds is 9. The van der Waals surface area contributed by atoms with Gasteiger partial charge in [0.15, 0.2) is 9.84 Å². The molecule has 156 valence electrons. The van der Waals surface area contributed by atoms with E-state index in [1.807, 2.05) is 20.8 Å². The average Bonchev–Trinajstić information content (AvgIpc) is 2.89. The summed E-state index contributed by atoms with van der Waals surface area (Å²) < 4.78 is 43.3. The molecule has 1 aliphatic heterocycles. The lowest BCUT2D eigenvalue weighted by Gasteiger charge is -2.33. The molecule has 1 atom stereocenters. The van der Waals surface area contributed by atoms with Crippen LogP contribution in [0, 0.1) is 5.92 Å². The topological polar surface area (TPSA) is 89.7 Å². The van der Waals surface area contributed by atoms with Gasteiger partial charge in [-0.1, -0.05) is 6.92 Å². The second-order valence-electron chi connectivity index (χ2n) is 7.93. The highest BCUT2D eigenvalue weighted by atomic mass is 32.2. The van der Waals surface area contributed by atoms with Gasteiger partial charge in [-0.3, -0.25) is 4.79 Å². The number of carbonyl (C=O) groups excluding carboxylic acids is 1. The number of ether oxygens (including phenoxy) is 1. The van der Waals surface area contributed by atoms with Crippen LogP contribution in [0.2, 0.25) is 0 Å². The van der Waals surface area contributed by atoms with Gasteiger partial charge in [0.1, 0.15) is 12.4 Å². The highest BCUT2D eigenvalue weighted by Gasteiger charge is 2.38. The Morgan fingerprint density at radius 1 is 1.36 bits per heavy atom. The first-order valence-electron chi connectivity index (χ1n) is 9.33. The second-order valence-corrected chi connectivity index (χ2v) is 9.97. The minimum absolute atomic E-state index is 0.00970. The van der Waals surface area contributed by atoms with Crippen LogP contribution in [0.5, 0.6) is 5.75 Å². The Kier molecular flexibility index (Phi) is 7.22. The smallest absolute Gasteiger partial charge is 0.223 e. The summed E-state index contributed by atoms with van der Waals surface area (Å²) >= 11 is 0. The molecule has 0 bridgehead atoms. The van der Waals surface area contributed by atoms with Gasteiger partial charge >= 0.3 is 0 Å². The first-order valence-corrected chi connectivity index (χ1v) is 11.0. The van der Waals surface area contributed by atoms with Gasteiger partial charge in [0, 0.05) is 30.6 Å². The molecule has 1 aliphatic rings. The fourth-order valence-electron chi connectivity index (χ4n) is 3.26. The lowest BCUT2D eigenvalue weighted by Crippen LogP contribution is -2.44. The van der Waals surface area contributed by atoms with Crippen molar-refractivity contribution in [2.24, 2.45) is 11.7 Å². The summed E-state index contributed by atoms with van der Waals surface area (Å²) in [6.07, 6.45) is 1.71. The van der Waals surface area contributed by atoms with E-state index >= 15 is 0 Å². The predicted molar refractivity (Wildman–Crippen MR) is 106 cm³/mol. The number of nitrogens with two attached hydrogens (primary N) is 1. The van der Waals surface area contributed by atoms with E-state index in [4.69, 9.17) is 10.5 Å². The van der Waals surface area contributed by atoms with Gasteiger partial charge in [-0.25, -0.2) is 12.8 Å². The highest BCUT2D eigenvalue weighted by Crippen LogP contribution is 2.30. The van der Waals surface area contributed by atoms with Gasteiger partial charge in [0.2, 0.25) is 5.91 Å². The molecule has 0 aromatic heterocycles. The Morgan fingerprint density at radius 2 is 2.00 bits per heavy atom. The molecular weight excluding hydrogens is 383 g/mol. The van der Waals surface area contributed by atoms with Crippen molar-refractivity contribution in [3.05, 3.63) is 36.2 Å². The van der Waals surface area contributed by atoms with Crippen LogP contribution < -0.4 is 10.5 Å². The molecule has 0 aliphatic carbocycles. The highest BCUT2D eigenvalue weighted by molar-refractivity contribution is 7.91. The molecule has 1 aromatic carbocycles. The van der Waals surface area contributed by atoms with Gasteiger partial charge in [-0.05, 0) is 50.5 Å². The van der Waals surface area contributed by atoms with Crippen molar-refractivity contribution in [1.29, 1.82) is 0 Å². The SMILES string of the molecule is CC(CN1C(=O)CCC1(C)C)CS(=O)(=O)c1ccc(OCC(=CF)CN)cc1. The van der Waals surface area contributed by atoms with E-state index in [2.05, 4.69) is 0 Å². The van der Waals surface area contributed by atoms with E-state index in [0.717, 1.165) is 6.42 Å². The monoisotopic (exact) mass is 412 g/mol. The molecule has 8 heteroatoms. The summed E-state index contributed by atoms with van der Waals surface area (Å²) in [6.45, 7) is 6.34. The zero-order valence-electron chi connectivity index (χ0n) is 16.7. The van der Waals surface area contributed by atoms with Crippen LogP contribution in [0.4, 0.5) is 4.39 Å². The number of amides is 1. The fourth-order valence-corrected chi connectivity index (χ4v) is 4.86. The Bertz CT molecular complexity index is 819. The molecule has 0 radical (unpaired) electrons. The van der Waals surface area contributed by atoms with E-state index in [1.165, 1.54) is 24.3 Å². The molecule has 6 nitrogen and oxygen atoms in total. The third-order valence-corrected chi connectivity index (χ3v) is 7.00. The van der Waals surface area contributed by atoms with Crippen LogP contribution in [0.1, 0.15) is 33.6 Å². The van der Waals surface area contributed by atoms with E-state index in [1.54, 1.807) is 4.90 Å². The predicted octanol–water partition coefficient (Wildman–Crippen LogP) is 2.69. The van der Waals surface area contributed by atoms with Gasteiger partial charge in [-0.15, -0.1) is 0 Å². The van der Waals surface area contributed by atoms with Crippen molar-refractivity contribution in [1.82, 2.24) is 4.90 Å². The Balaban J connectivity index is 1.99. The zero-order valence-corrected chi connectivity index (χ0v) is 17.5. The third-order valence-electron chi connectivity index (χ3n) is 5.00. The molecular formula is C20H29FN2O4S. The van der Waals surface area contributed by atoms with Crippen LogP contribution in [-0.4, -0.2) is 50.2 Å². The van der Waals surface area contributed by atoms with Gasteiger partial charge < -0.3 is 15.4 Å². The average molecular weight is 413 g/mol. The fraction of sp³-hybridized carbons (Fsp3) is 0.550. The maximum atomic E-state index is 12.7. The number of carbonyl (C=O) groups is 1. The van der Waals surface area contributed by atoms with Crippen LogP contribution >= 0.6 is 0 Å². The van der Waals surface area contributed by atoms with Crippen molar-refractivity contribution in [3.8, 4) is 5.75 Å². The van der Waals surface area contributed by atoms with Crippen LogP contribution in [0.3, 0.4) is 0 Å². The standard InChI is InChI=1S/C20H29FN2O4S/c1-15(12-23-19(24)8-9-20(23,2)3)14-28(25,26)18-6-4-17(5-7-18)27-13-16(10-21)11-22/h4-7,10,15H,8-9,11-14,22H2,1-3H3. The van der Waals surface area contributed by atoms with Crippen LogP contribution in [0.25, 0.3) is 0 Å². The molecule has 1 saturated heterocycles. The number of hydrogen-bond acceptors (Lipinski definition) is 5. The molecule has 0 spiro atoms. The number of sulfone groups is 1. The number of halogens is 1. The summed E-state index contributed by atoms with van der Waals surface area (Å²) in [7, 11) is -3.50. The van der Waals surface area contributed by atoms with Crippen molar-refractivity contribution >= 4 is 15.7 Å². The first-order chi connectivity index (χ1) is 13.1. The second kappa shape index (κ2) is 9.05. The van der Waals surface area contributed by atoms with Gasteiger partial charge in [0.25, 0.3) is 0 Å². The summed E-state index contributed by atoms with van der Waals surface area (Å²) in [4.78, 5) is 14.1. The van der Waals surface area contributed by atoms with Crippen LogP contribution in [0.15, 0.2) is 41.1 Å². The maximum Gasteiger partial charge on any atom is 0.223 e. The molecule has 1 fully saturated rings. The molecule has 1 heterocycles. The van der Waals surface area contributed by atoms with Gasteiger partial charge in [-0.2, -0.15) is 0 Å². The van der Waals surface area contributed by atoms with E-state index in [0.29, 0.717) is 30.6 Å². The molecule has 1 unspecified atom stereocenters. The summed E-state index contributed by atoms with van der Waals surface area (Å²) in [5.74, 6) is 0.276. The Morgan fingerprint density at radius 3 is 2.50 bits per heavy atom. The van der Waals surface area contributed by atoms with Crippen LogP contribution in [-0.2, 0) is 14.6 Å². The summed E-state index contributed by atoms with van der Waals surface area (Å²) in [5.41, 5.74) is 5.45. The lowest BCUT2D eigenvalue weighted by atomic mass is 10.0. The van der Waals surface area contributed by atoms with Gasteiger partial charge in [0.05, 0.1) is 17.0 Å². The van der Waals surface area contributed by atoms with E-state index in [9.17, 15) is 17.6 Å². The van der Waals surface area contributed by atoms with Crippen molar-refractivity contribution in [2.75, 3.05) is 25.4 Å². The normalized spacial score (nSPS) is 18.4. The molecule has 1 aromatic rings. The Labute approximate surface area is 166 Å². The molecule has 2 rings (SSSR count). The zero-order chi connectivity index (χ0) is 20.9. The molecule has 2 N–H and O–H groups in total. The maximum absolute atomic E-state index is 12.7. The lowest BCUT2D eigenvalue weighted by molar-refractivity contribution is -0.131. The van der Waals surface area contributed by atoms with Crippen molar-refractivity contribution < 1.29 is 22.3 Å². The largest absolute Gasteiger partial charge is 0.489 e. The minimum atomic E-state index is -3.50. The number of benzene rings is 1. The number of hydrogen-bond donors (Lipinski definition) is 1. The van der Waals surface area contributed by atoms with Crippen molar-refractivity contribution in [2.45, 2.75) is 44.0 Å². The molecule has 0 saturated carbocycles. The number of nitrogens with zero attached hydrogens (tertiary/aromatic N) is 1. The quantitative estimate of drug-likeness (QED) is 0.674. The molecule has 28 heavy (non-hydrogen) atoms. The van der Waals surface area contributed by atoms with E-state index in [-0.39, 0.29) is 41.2 Å². The number of likely N-dealkylation sites (tertiary alicyclic amines) is 1. The van der Waals surface area contributed by atoms with E-state index < -0.39 is 9.84 Å². The summed E-state index contributed by atoms with van der Waals surface area (Å²) in [6, 6.07) is 6.03. The Hall–Kier alpha value is -1.93. The van der Waals surface area contributed by atoms with Crippen molar-refractivity contribution in [3.63, 3.8) is 0 Å².